The van der Waals surface area contributed by atoms with Crippen molar-refractivity contribution in [3.05, 3.63) is 65.2 Å². The average Bonchev–Trinajstić information content (AvgIpc) is 3.57. The molecule has 1 heterocycles. The summed E-state index contributed by atoms with van der Waals surface area (Å²) in [5.41, 5.74) is 2.64. The first-order valence-electron chi connectivity index (χ1n) is 11.3. The van der Waals surface area contributed by atoms with Crippen LogP contribution < -0.4 is 0 Å². The molecule has 0 amide bonds. The molecule has 0 spiro atoms. The van der Waals surface area contributed by atoms with Gasteiger partial charge in [0.05, 0.1) is 5.60 Å². The van der Waals surface area contributed by atoms with E-state index in [2.05, 4.69) is 35.2 Å². The van der Waals surface area contributed by atoms with Crippen LogP contribution in [-0.4, -0.2) is 34.7 Å². The van der Waals surface area contributed by atoms with Crippen molar-refractivity contribution in [2.75, 3.05) is 19.6 Å². The van der Waals surface area contributed by atoms with Gasteiger partial charge in [-0.1, -0.05) is 50.2 Å². The van der Waals surface area contributed by atoms with E-state index in [0.717, 1.165) is 43.7 Å². The monoisotopic (exact) mass is 393 g/mol. The number of benzene rings is 2. The summed E-state index contributed by atoms with van der Waals surface area (Å²) in [6, 6.07) is 16.5. The Hall–Kier alpha value is -1.84. The number of aliphatic hydroxyl groups is 1. The molecule has 3 heteroatoms. The number of rotatable bonds is 7. The number of hydrogen-bond donors (Lipinski definition) is 2. The number of nitrogens with zero attached hydrogens (tertiary/aromatic N) is 1. The van der Waals surface area contributed by atoms with Gasteiger partial charge in [-0.25, -0.2) is 0 Å². The highest BCUT2D eigenvalue weighted by Crippen LogP contribution is 2.43. The second kappa shape index (κ2) is 8.12. The van der Waals surface area contributed by atoms with Crippen LogP contribution in [0.5, 0.6) is 5.75 Å². The van der Waals surface area contributed by atoms with E-state index in [0.29, 0.717) is 5.75 Å². The van der Waals surface area contributed by atoms with E-state index in [-0.39, 0.29) is 5.41 Å². The fraction of sp³-hybridized carbons (Fsp3) is 0.538. The molecule has 1 aliphatic heterocycles. The molecule has 156 valence electrons. The first-order chi connectivity index (χ1) is 14.0. The topological polar surface area (TPSA) is 43.7 Å². The van der Waals surface area contributed by atoms with Gasteiger partial charge in [0, 0.05) is 18.5 Å². The molecule has 1 saturated carbocycles. The molecule has 0 bridgehead atoms. The quantitative estimate of drug-likeness (QED) is 0.680. The highest BCUT2D eigenvalue weighted by Gasteiger charge is 2.40. The highest BCUT2D eigenvalue weighted by molar-refractivity contribution is 5.44. The molecule has 1 atom stereocenters. The van der Waals surface area contributed by atoms with Gasteiger partial charge in [-0.3, -0.25) is 0 Å². The lowest BCUT2D eigenvalue weighted by atomic mass is 9.68. The molecule has 0 radical (unpaired) electrons. The second-order valence-electron chi connectivity index (χ2n) is 9.23. The smallest absolute Gasteiger partial charge is 0.115 e. The van der Waals surface area contributed by atoms with Crippen LogP contribution in [0.3, 0.4) is 0 Å². The Balaban J connectivity index is 1.72. The van der Waals surface area contributed by atoms with Crippen LogP contribution >= 0.6 is 0 Å². The molecule has 0 aromatic heterocycles. The SMILES string of the molecule is CCC(O)(CC)c1ccc(C2(c3cccc(O)c3)CCCN(CC3CC3)C2)cc1. The van der Waals surface area contributed by atoms with Gasteiger partial charge in [-0.2, -0.15) is 0 Å². The fourth-order valence-electron chi connectivity index (χ4n) is 5.16. The molecule has 2 aromatic carbocycles. The number of phenols is 1. The van der Waals surface area contributed by atoms with Gasteiger partial charge >= 0.3 is 0 Å². The van der Waals surface area contributed by atoms with E-state index in [1.165, 1.54) is 37.1 Å². The van der Waals surface area contributed by atoms with Gasteiger partial charge in [0.25, 0.3) is 0 Å². The summed E-state index contributed by atoms with van der Waals surface area (Å²) >= 11 is 0. The Morgan fingerprint density at radius 1 is 1.03 bits per heavy atom. The number of likely N-dealkylation sites (tertiary alicyclic amines) is 1. The molecule has 3 nitrogen and oxygen atoms in total. The molecule has 2 aliphatic rings. The fourth-order valence-corrected chi connectivity index (χ4v) is 5.16. The van der Waals surface area contributed by atoms with Crippen LogP contribution in [-0.2, 0) is 11.0 Å². The Bertz CT molecular complexity index is 823. The number of phenolic OH excluding ortho intramolecular Hbond substituents is 1. The Morgan fingerprint density at radius 3 is 2.38 bits per heavy atom. The van der Waals surface area contributed by atoms with E-state index in [4.69, 9.17) is 0 Å². The molecular weight excluding hydrogens is 358 g/mol. The second-order valence-corrected chi connectivity index (χ2v) is 9.23. The molecule has 29 heavy (non-hydrogen) atoms. The minimum Gasteiger partial charge on any atom is -0.508 e. The lowest BCUT2D eigenvalue weighted by Gasteiger charge is -2.44. The summed E-state index contributed by atoms with van der Waals surface area (Å²) in [5.74, 6) is 1.21. The van der Waals surface area contributed by atoms with Gasteiger partial charge in [0.2, 0.25) is 0 Å². The van der Waals surface area contributed by atoms with Crippen LogP contribution in [0.15, 0.2) is 48.5 Å². The largest absolute Gasteiger partial charge is 0.508 e. The van der Waals surface area contributed by atoms with Crippen LogP contribution in [0.25, 0.3) is 0 Å². The van der Waals surface area contributed by atoms with Gasteiger partial charge in [0.1, 0.15) is 5.75 Å². The first kappa shape index (κ1) is 20.4. The predicted octanol–water partition coefficient (Wildman–Crippen LogP) is 5.19. The zero-order chi connectivity index (χ0) is 20.5. The third-order valence-corrected chi connectivity index (χ3v) is 7.33. The Kier molecular flexibility index (Phi) is 5.72. The van der Waals surface area contributed by atoms with Crippen molar-refractivity contribution in [2.45, 2.75) is 63.4 Å². The van der Waals surface area contributed by atoms with Crippen molar-refractivity contribution in [3.8, 4) is 5.75 Å². The lowest BCUT2D eigenvalue weighted by molar-refractivity contribution is 0.0283. The van der Waals surface area contributed by atoms with Crippen molar-refractivity contribution in [3.63, 3.8) is 0 Å². The minimum atomic E-state index is -0.749. The van der Waals surface area contributed by atoms with Gasteiger partial charge in [-0.05, 0) is 79.8 Å². The molecule has 1 aliphatic carbocycles. The van der Waals surface area contributed by atoms with Gasteiger partial charge < -0.3 is 15.1 Å². The maximum atomic E-state index is 10.9. The van der Waals surface area contributed by atoms with E-state index in [1.54, 1.807) is 6.07 Å². The average molecular weight is 394 g/mol. The van der Waals surface area contributed by atoms with E-state index < -0.39 is 5.60 Å². The summed E-state index contributed by atoms with van der Waals surface area (Å²) in [7, 11) is 0. The van der Waals surface area contributed by atoms with Crippen LogP contribution in [0.4, 0.5) is 0 Å². The third kappa shape index (κ3) is 4.08. The molecule has 2 N–H and O–H groups in total. The molecule has 1 unspecified atom stereocenters. The third-order valence-electron chi connectivity index (χ3n) is 7.33. The standard InChI is InChI=1S/C26H35NO2/c1-3-26(29,4-2)22-13-11-21(12-14-22)25(23-7-5-8-24(28)17-23)15-6-16-27(19-25)18-20-9-10-20/h5,7-8,11-14,17,20,28-29H,3-4,6,9-10,15-16,18-19H2,1-2H3. The summed E-state index contributed by atoms with van der Waals surface area (Å²) in [4.78, 5) is 2.63. The van der Waals surface area contributed by atoms with E-state index in [9.17, 15) is 10.2 Å². The summed E-state index contributed by atoms with van der Waals surface area (Å²) in [6.07, 6.45) is 6.43. The van der Waals surface area contributed by atoms with Crippen molar-refractivity contribution < 1.29 is 10.2 Å². The lowest BCUT2D eigenvalue weighted by Crippen LogP contribution is -2.47. The highest BCUT2D eigenvalue weighted by atomic mass is 16.3. The Labute approximate surface area is 175 Å². The van der Waals surface area contributed by atoms with E-state index in [1.807, 2.05) is 26.0 Å². The molecule has 2 fully saturated rings. The van der Waals surface area contributed by atoms with Crippen LogP contribution in [0.1, 0.15) is 69.1 Å². The summed E-state index contributed by atoms with van der Waals surface area (Å²) in [5, 5.41) is 21.1. The van der Waals surface area contributed by atoms with Gasteiger partial charge in [0.15, 0.2) is 0 Å². The minimum absolute atomic E-state index is 0.110. The molecular formula is C26H35NO2. The van der Waals surface area contributed by atoms with Gasteiger partial charge in [-0.15, -0.1) is 0 Å². The van der Waals surface area contributed by atoms with Crippen molar-refractivity contribution >= 4 is 0 Å². The molecule has 4 rings (SSSR count). The first-order valence-corrected chi connectivity index (χ1v) is 11.3. The van der Waals surface area contributed by atoms with Crippen molar-refractivity contribution in [1.82, 2.24) is 4.90 Å². The van der Waals surface area contributed by atoms with Crippen molar-refractivity contribution in [1.29, 1.82) is 0 Å². The summed E-state index contributed by atoms with van der Waals surface area (Å²) in [6.45, 7) is 7.45. The van der Waals surface area contributed by atoms with E-state index >= 15 is 0 Å². The molecule has 2 aromatic rings. The number of aromatic hydroxyl groups is 1. The summed E-state index contributed by atoms with van der Waals surface area (Å²) < 4.78 is 0. The predicted molar refractivity (Wildman–Crippen MR) is 118 cm³/mol. The maximum absolute atomic E-state index is 10.9. The zero-order valence-electron chi connectivity index (χ0n) is 17.9. The number of piperidine rings is 1. The zero-order valence-corrected chi connectivity index (χ0v) is 17.9. The molecule has 1 saturated heterocycles. The number of hydrogen-bond acceptors (Lipinski definition) is 3. The van der Waals surface area contributed by atoms with Crippen molar-refractivity contribution in [2.24, 2.45) is 5.92 Å². The Morgan fingerprint density at radius 2 is 1.76 bits per heavy atom. The van der Waals surface area contributed by atoms with Crippen LogP contribution in [0.2, 0.25) is 0 Å². The van der Waals surface area contributed by atoms with Crippen LogP contribution in [0, 0.1) is 5.92 Å². The maximum Gasteiger partial charge on any atom is 0.115 e. The normalized spacial score (nSPS) is 23.3.